The quantitative estimate of drug-likeness (QED) is 0.211. The summed E-state index contributed by atoms with van der Waals surface area (Å²) >= 11 is 0. The Morgan fingerprint density at radius 2 is 1.81 bits per heavy atom. The number of ketones is 1. The third-order valence-electron chi connectivity index (χ3n) is 7.04. The molecule has 0 fully saturated rings. The van der Waals surface area contributed by atoms with Crippen LogP contribution < -0.4 is 24.3 Å². The fourth-order valence-electron chi connectivity index (χ4n) is 5.05. The molecule has 0 spiro atoms. The fourth-order valence-corrected chi connectivity index (χ4v) is 5.05. The van der Waals surface area contributed by atoms with Crippen LogP contribution in [0.3, 0.4) is 0 Å². The third kappa shape index (κ3) is 7.04. The van der Waals surface area contributed by atoms with Crippen molar-refractivity contribution in [3.8, 4) is 23.1 Å². The number of amidine groups is 1. The van der Waals surface area contributed by atoms with E-state index in [0.29, 0.717) is 47.3 Å². The zero-order valence-electron chi connectivity index (χ0n) is 25.7. The monoisotopic (exact) mass is 658 g/mol. The van der Waals surface area contributed by atoms with E-state index in [-0.39, 0.29) is 65.0 Å². The Kier molecular flexibility index (Phi) is 11.0. The highest BCUT2D eigenvalue weighted by atomic mass is 79.9. The summed E-state index contributed by atoms with van der Waals surface area (Å²) in [6, 6.07) is 9.04. The number of hydrogen-bond acceptors (Lipinski definition) is 8. The van der Waals surface area contributed by atoms with Gasteiger partial charge >= 0.3 is 0 Å². The molecule has 2 heterocycles. The molecule has 9 nitrogen and oxygen atoms in total. The smallest absolute Gasteiger partial charge is 0.218 e. The number of hydrogen-bond donors (Lipinski definition) is 2. The maximum absolute atomic E-state index is 15.5. The first-order valence-electron chi connectivity index (χ1n) is 14.0. The minimum absolute atomic E-state index is 0. The van der Waals surface area contributed by atoms with Crippen molar-refractivity contribution in [2.45, 2.75) is 53.1 Å². The number of benzene rings is 2. The number of halogens is 2. The van der Waals surface area contributed by atoms with E-state index in [1.165, 1.54) is 0 Å². The van der Waals surface area contributed by atoms with Crippen LogP contribution >= 0.6 is 17.0 Å². The molecule has 0 saturated carbocycles. The molecule has 43 heavy (non-hydrogen) atoms. The van der Waals surface area contributed by atoms with Crippen LogP contribution in [0.1, 0.15) is 67.2 Å². The van der Waals surface area contributed by atoms with E-state index in [9.17, 15) is 4.79 Å². The minimum Gasteiger partial charge on any atom is -0.494 e. The summed E-state index contributed by atoms with van der Waals surface area (Å²) < 4.78 is 37.9. The highest BCUT2D eigenvalue weighted by Gasteiger charge is 2.33. The van der Waals surface area contributed by atoms with Crippen molar-refractivity contribution < 1.29 is 28.1 Å². The average molecular weight is 660 g/mol. The summed E-state index contributed by atoms with van der Waals surface area (Å²) in [5.74, 6) is 0.507. The van der Waals surface area contributed by atoms with Crippen LogP contribution in [0.2, 0.25) is 0 Å². The molecule has 3 aromatic rings. The molecule has 0 radical (unpaired) electrons. The zero-order valence-corrected chi connectivity index (χ0v) is 27.4. The van der Waals surface area contributed by atoms with Crippen LogP contribution in [0.25, 0.3) is 0 Å². The molecule has 4 rings (SSSR count). The normalized spacial score (nSPS) is 12.4. The lowest BCUT2D eigenvalue weighted by molar-refractivity contribution is 0.0962. The van der Waals surface area contributed by atoms with Crippen molar-refractivity contribution >= 4 is 34.3 Å². The van der Waals surface area contributed by atoms with Crippen molar-refractivity contribution in [2.75, 3.05) is 39.3 Å². The first-order chi connectivity index (χ1) is 20.0. The lowest BCUT2D eigenvalue weighted by Gasteiger charge is -2.26. The van der Waals surface area contributed by atoms with Gasteiger partial charge in [0.1, 0.15) is 11.6 Å². The van der Waals surface area contributed by atoms with Gasteiger partial charge in [0.15, 0.2) is 23.1 Å². The molecule has 0 unspecified atom stereocenters. The predicted molar refractivity (Wildman–Crippen MR) is 170 cm³/mol. The molecular weight excluding hydrogens is 619 g/mol. The number of anilines is 1. The number of methoxy groups -OCH3 is 2. The van der Waals surface area contributed by atoms with Crippen molar-refractivity contribution in [2.24, 2.45) is 0 Å². The average Bonchev–Trinajstić information content (AvgIpc) is 3.27. The number of pyridine rings is 1. The van der Waals surface area contributed by atoms with Crippen LogP contribution in [0.5, 0.6) is 23.1 Å². The first kappa shape index (κ1) is 33.6. The molecule has 1 aliphatic heterocycles. The van der Waals surface area contributed by atoms with Crippen molar-refractivity contribution in [1.29, 1.82) is 5.41 Å². The third-order valence-corrected chi connectivity index (χ3v) is 7.04. The molecule has 11 heteroatoms. The summed E-state index contributed by atoms with van der Waals surface area (Å²) in [7, 11) is 3.17. The highest BCUT2D eigenvalue weighted by molar-refractivity contribution is 8.93. The van der Waals surface area contributed by atoms with E-state index in [0.717, 1.165) is 11.1 Å². The predicted octanol–water partition coefficient (Wildman–Crippen LogP) is 6.55. The Hall–Kier alpha value is -3.86. The maximum Gasteiger partial charge on any atom is 0.218 e. The number of carbonyl (C=O) groups is 1. The van der Waals surface area contributed by atoms with Gasteiger partial charge in [-0.25, -0.2) is 9.37 Å². The van der Waals surface area contributed by atoms with Crippen LogP contribution in [0.4, 0.5) is 10.1 Å². The molecule has 1 aliphatic rings. The van der Waals surface area contributed by atoms with Crippen molar-refractivity contribution in [3.63, 3.8) is 0 Å². The summed E-state index contributed by atoms with van der Waals surface area (Å²) in [5.41, 5.74) is 3.17. The Morgan fingerprint density at radius 3 is 2.44 bits per heavy atom. The number of nitrogens with zero attached hydrogens (tertiary/aromatic N) is 2. The lowest BCUT2D eigenvalue weighted by Crippen LogP contribution is -2.30. The first-order valence-corrected chi connectivity index (χ1v) is 14.0. The molecule has 0 saturated heterocycles. The zero-order chi connectivity index (χ0) is 30.6. The SMILES string of the molecule is Br.CCOc1cc2c(c(F)c1OCC)C(=N)N(CC(=O)c1cc(NCc3cccnc3OC)c(OC)c(C(C)(C)C)c1)C2. The van der Waals surface area contributed by atoms with Gasteiger partial charge in [-0.3, -0.25) is 10.2 Å². The number of fused-ring (bicyclic) bond motifs is 1. The molecule has 0 bridgehead atoms. The Labute approximate surface area is 263 Å². The Balaban J connectivity index is 0.00000506. The minimum atomic E-state index is -0.644. The molecule has 0 atom stereocenters. The van der Waals surface area contributed by atoms with Crippen LogP contribution in [0, 0.1) is 11.2 Å². The molecular formula is C32H40BrFN4O5. The van der Waals surface area contributed by atoms with Crippen LogP contribution in [-0.2, 0) is 18.5 Å². The second-order valence-corrected chi connectivity index (χ2v) is 10.9. The number of nitrogens with one attached hydrogen (secondary N) is 2. The molecule has 2 N–H and O–H groups in total. The molecule has 232 valence electrons. The van der Waals surface area contributed by atoms with E-state index >= 15 is 4.39 Å². The maximum atomic E-state index is 15.5. The molecule has 1 aromatic heterocycles. The number of rotatable bonds is 12. The summed E-state index contributed by atoms with van der Waals surface area (Å²) in [6.07, 6.45) is 1.66. The van der Waals surface area contributed by atoms with E-state index in [4.69, 9.17) is 24.4 Å². The number of ether oxygens (including phenoxy) is 4. The second-order valence-electron chi connectivity index (χ2n) is 10.9. The van der Waals surface area contributed by atoms with Gasteiger partial charge in [-0.05, 0) is 49.1 Å². The van der Waals surface area contributed by atoms with Crippen LogP contribution in [0.15, 0.2) is 36.5 Å². The van der Waals surface area contributed by atoms with E-state index in [1.54, 1.807) is 44.4 Å². The van der Waals surface area contributed by atoms with Gasteiger partial charge in [0.05, 0.1) is 45.2 Å². The topological polar surface area (TPSA) is 106 Å². The number of Topliss-reactive ketones (excluding diaryl/α,β-unsaturated/α-hetero) is 1. The Bertz CT molecular complexity index is 1490. The molecule has 0 amide bonds. The standard InChI is InChI=1S/C32H39FN4O5.BrH/c1-8-41-25-15-21-17-37(30(34)26(21)27(33)29(25)42-9-2)18-24(38)20-13-22(32(3,4)5)28(39-6)23(14-20)36-16-19-11-10-12-35-31(19)40-7;/h10-15,34,36H,8-9,16-18H2,1-7H3;1H. The largest absolute Gasteiger partial charge is 0.494 e. The molecule has 0 aliphatic carbocycles. The van der Waals surface area contributed by atoms with Gasteiger partial charge in [-0.2, -0.15) is 0 Å². The highest BCUT2D eigenvalue weighted by Crippen LogP contribution is 2.41. The number of carbonyl (C=O) groups excluding carboxylic acids is 1. The van der Waals surface area contributed by atoms with Crippen LogP contribution in [-0.4, -0.2) is 55.5 Å². The molecule has 2 aromatic carbocycles. The summed E-state index contributed by atoms with van der Waals surface area (Å²) in [6.45, 7) is 10.8. The van der Waals surface area contributed by atoms with Crippen molar-refractivity contribution in [3.05, 3.63) is 70.2 Å². The summed E-state index contributed by atoms with van der Waals surface area (Å²) in [5, 5.41) is 12.1. The van der Waals surface area contributed by atoms with E-state index in [1.807, 2.05) is 25.1 Å². The van der Waals surface area contributed by atoms with E-state index < -0.39 is 5.82 Å². The summed E-state index contributed by atoms with van der Waals surface area (Å²) in [4.78, 5) is 19.6. The van der Waals surface area contributed by atoms with Gasteiger partial charge in [-0.15, -0.1) is 17.0 Å². The van der Waals surface area contributed by atoms with E-state index in [2.05, 4.69) is 31.1 Å². The number of aromatic nitrogens is 1. The van der Waals surface area contributed by atoms with Gasteiger partial charge in [0, 0.05) is 36.0 Å². The van der Waals surface area contributed by atoms with Crippen molar-refractivity contribution in [1.82, 2.24) is 9.88 Å². The Morgan fingerprint density at radius 1 is 1.09 bits per heavy atom. The fraction of sp³-hybridized carbons (Fsp3) is 0.406. The second kappa shape index (κ2) is 14.1. The van der Waals surface area contributed by atoms with Gasteiger partial charge in [-0.1, -0.05) is 26.8 Å². The van der Waals surface area contributed by atoms with Gasteiger partial charge < -0.3 is 29.2 Å². The van der Waals surface area contributed by atoms with Gasteiger partial charge in [0.25, 0.3) is 0 Å². The van der Waals surface area contributed by atoms with Gasteiger partial charge in [0.2, 0.25) is 5.88 Å². The lowest BCUT2D eigenvalue weighted by atomic mass is 9.84.